The molecular formula is C18H21N3. The zero-order valence-corrected chi connectivity index (χ0v) is 12.8. The zero-order chi connectivity index (χ0) is 15.4. The Morgan fingerprint density at radius 1 is 1.33 bits per heavy atom. The van der Waals surface area contributed by atoms with Gasteiger partial charge in [0.05, 0.1) is 5.70 Å². The number of allylic oxidation sites excluding steroid dienone is 1. The third kappa shape index (κ3) is 3.14. The normalized spacial score (nSPS) is 11.3. The minimum atomic E-state index is 0.775. The number of H-pyrrole nitrogens is 1. The standard InChI is InChI=1S/C18H21N3/c1-6-17(19-7-2)14-8-9-18-15(10-14)16(11-20-18)13(5)21-12(3)4/h6-11,19-20H,2,5H2,1,3-4H3/b17-6-. The van der Waals surface area contributed by atoms with Crippen molar-refractivity contribution in [2.45, 2.75) is 20.8 Å². The molecule has 3 nitrogen and oxygen atoms in total. The number of aliphatic imine (C=N–C) groups is 1. The number of hydrogen-bond acceptors (Lipinski definition) is 2. The summed E-state index contributed by atoms with van der Waals surface area (Å²) in [6.45, 7) is 13.7. The molecule has 0 fully saturated rings. The zero-order valence-electron chi connectivity index (χ0n) is 12.8. The first-order chi connectivity index (χ1) is 10.1. The van der Waals surface area contributed by atoms with E-state index in [0.717, 1.165) is 39.1 Å². The highest BCUT2D eigenvalue weighted by atomic mass is 14.8. The van der Waals surface area contributed by atoms with E-state index in [-0.39, 0.29) is 0 Å². The van der Waals surface area contributed by atoms with Crippen LogP contribution in [0.15, 0.2) is 54.8 Å². The first kappa shape index (κ1) is 14.9. The van der Waals surface area contributed by atoms with Crippen LogP contribution in [0, 0.1) is 0 Å². The summed E-state index contributed by atoms with van der Waals surface area (Å²) in [5, 5.41) is 4.27. The smallest absolute Gasteiger partial charge is 0.0650 e. The van der Waals surface area contributed by atoms with E-state index < -0.39 is 0 Å². The lowest BCUT2D eigenvalue weighted by atomic mass is 10.1. The lowest BCUT2D eigenvalue weighted by Gasteiger charge is -2.08. The van der Waals surface area contributed by atoms with Gasteiger partial charge in [0.2, 0.25) is 0 Å². The van der Waals surface area contributed by atoms with Crippen LogP contribution in [0.3, 0.4) is 0 Å². The SMILES string of the molecule is C=CN/C(=C\C)c1ccc2[nH]cc(C(=C)N=C(C)C)c2c1. The maximum absolute atomic E-state index is 4.46. The molecule has 0 spiro atoms. The van der Waals surface area contributed by atoms with Crippen molar-refractivity contribution >= 4 is 28.0 Å². The second-order valence-electron chi connectivity index (χ2n) is 5.02. The minimum Gasteiger partial charge on any atom is -0.362 e. The van der Waals surface area contributed by atoms with Gasteiger partial charge in [0.25, 0.3) is 0 Å². The molecule has 0 amide bonds. The Labute approximate surface area is 125 Å². The molecule has 0 aliphatic carbocycles. The molecule has 3 heteroatoms. The topological polar surface area (TPSA) is 40.2 Å². The summed E-state index contributed by atoms with van der Waals surface area (Å²) in [5.41, 5.74) is 6.01. The van der Waals surface area contributed by atoms with Crippen LogP contribution in [0.5, 0.6) is 0 Å². The number of rotatable bonds is 5. The molecule has 0 bridgehead atoms. The van der Waals surface area contributed by atoms with Gasteiger partial charge in [0, 0.05) is 34.1 Å². The molecule has 2 rings (SSSR count). The molecule has 0 saturated carbocycles. The third-order valence-corrected chi connectivity index (χ3v) is 3.21. The summed E-state index contributed by atoms with van der Waals surface area (Å²) in [7, 11) is 0. The molecule has 0 unspecified atom stereocenters. The third-order valence-electron chi connectivity index (χ3n) is 3.21. The van der Waals surface area contributed by atoms with Crippen LogP contribution < -0.4 is 5.32 Å². The average molecular weight is 279 g/mol. The highest BCUT2D eigenvalue weighted by Crippen LogP contribution is 2.27. The van der Waals surface area contributed by atoms with Gasteiger partial charge in [-0.25, -0.2) is 0 Å². The van der Waals surface area contributed by atoms with Crippen molar-refractivity contribution in [2.75, 3.05) is 0 Å². The fourth-order valence-electron chi connectivity index (χ4n) is 2.30. The molecule has 2 N–H and O–H groups in total. The van der Waals surface area contributed by atoms with Crippen molar-refractivity contribution < 1.29 is 0 Å². The summed E-state index contributed by atoms with van der Waals surface area (Å²) in [6.07, 6.45) is 5.67. The van der Waals surface area contributed by atoms with Gasteiger partial charge in [0.15, 0.2) is 0 Å². The van der Waals surface area contributed by atoms with E-state index in [9.17, 15) is 0 Å². The maximum atomic E-state index is 4.46. The molecular weight excluding hydrogens is 258 g/mol. The largest absolute Gasteiger partial charge is 0.362 e. The molecule has 2 aromatic rings. The van der Waals surface area contributed by atoms with Gasteiger partial charge < -0.3 is 10.3 Å². The van der Waals surface area contributed by atoms with Gasteiger partial charge in [-0.05, 0) is 44.7 Å². The quantitative estimate of drug-likeness (QED) is 0.764. The van der Waals surface area contributed by atoms with Crippen LogP contribution in [-0.2, 0) is 0 Å². The van der Waals surface area contributed by atoms with Crippen LogP contribution in [0.2, 0.25) is 0 Å². The second-order valence-corrected chi connectivity index (χ2v) is 5.02. The van der Waals surface area contributed by atoms with Gasteiger partial charge in [-0.2, -0.15) is 0 Å². The van der Waals surface area contributed by atoms with Crippen molar-refractivity contribution in [1.82, 2.24) is 10.3 Å². The van der Waals surface area contributed by atoms with E-state index in [4.69, 9.17) is 0 Å². The lowest BCUT2D eigenvalue weighted by molar-refractivity contribution is 1.22. The Balaban J connectivity index is 2.54. The fraction of sp³-hybridized carbons (Fsp3) is 0.167. The van der Waals surface area contributed by atoms with Crippen molar-refractivity contribution in [3.63, 3.8) is 0 Å². The predicted octanol–water partition coefficient (Wildman–Crippen LogP) is 4.71. The van der Waals surface area contributed by atoms with Crippen LogP contribution in [-0.4, -0.2) is 10.7 Å². The van der Waals surface area contributed by atoms with Gasteiger partial charge in [0.1, 0.15) is 0 Å². The Hall–Kier alpha value is -2.55. The number of hydrogen-bond donors (Lipinski definition) is 2. The van der Waals surface area contributed by atoms with E-state index in [1.54, 1.807) is 6.20 Å². The Kier molecular flexibility index (Phi) is 4.43. The van der Waals surface area contributed by atoms with E-state index in [2.05, 4.69) is 46.7 Å². The summed E-state index contributed by atoms with van der Waals surface area (Å²) >= 11 is 0. The molecule has 0 saturated heterocycles. The summed E-state index contributed by atoms with van der Waals surface area (Å²) in [5.74, 6) is 0. The maximum Gasteiger partial charge on any atom is 0.0650 e. The first-order valence-corrected chi connectivity index (χ1v) is 6.93. The van der Waals surface area contributed by atoms with Crippen LogP contribution in [0.4, 0.5) is 0 Å². The molecule has 108 valence electrons. The van der Waals surface area contributed by atoms with Crippen LogP contribution in [0.25, 0.3) is 22.3 Å². The number of aromatic nitrogens is 1. The van der Waals surface area contributed by atoms with E-state index in [1.807, 2.05) is 33.0 Å². The van der Waals surface area contributed by atoms with Gasteiger partial charge in [-0.15, -0.1) is 0 Å². The molecule has 0 aliphatic rings. The van der Waals surface area contributed by atoms with Crippen LogP contribution >= 0.6 is 0 Å². The number of nitrogens with zero attached hydrogens (tertiary/aromatic N) is 1. The van der Waals surface area contributed by atoms with E-state index in [0.29, 0.717) is 0 Å². The second kappa shape index (κ2) is 6.27. The van der Waals surface area contributed by atoms with E-state index >= 15 is 0 Å². The molecule has 21 heavy (non-hydrogen) atoms. The van der Waals surface area contributed by atoms with Gasteiger partial charge >= 0.3 is 0 Å². The molecule has 1 aromatic heterocycles. The van der Waals surface area contributed by atoms with E-state index in [1.165, 1.54) is 0 Å². The van der Waals surface area contributed by atoms with Crippen molar-refractivity contribution in [3.05, 3.63) is 61.0 Å². The number of benzene rings is 1. The molecule has 0 radical (unpaired) electrons. The van der Waals surface area contributed by atoms with Crippen molar-refractivity contribution in [1.29, 1.82) is 0 Å². The molecule has 1 aromatic carbocycles. The first-order valence-electron chi connectivity index (χ1n) is 6.93. The van der Waals surface area contributed by atoms with Crippen molar-refractivity contribution in [2.24, 2.45) is 4.99 Å². The van der Waals surface area contributed by atoms with Gasteiger partial charge in [-0.3, -0.25) is 4.99 Å². The Morgan fingerprint density at radius 3 is 2.71 bits per heavy atom. The molecule has 0 atom stereocenters. The highest BCUT2D eigenvalue weighted by molar-refractivity contribution is 5.96. The number of fused-ring (bicyclic) bond motifs is 1. The minimum absolute atomic E-state index is 0.775. The molecule has 1 heterocycles. The summed E-state index contributed by atoms with van der Waals surface area (Å²) < 4.78 is 0. The van der Waals surface area contributed by atoms with Crippen molar-refractivity contribution in [3.8, 4) is 0 Å². The summed E-state index contributed by atoms with van der Waals surface area (Å²) in [4.78, 5) is 7.73. The average Bonchev–Trinajstić information content (AvgIpc) is 2.87. The summed E-state index contributed by atoms with van der Waals surface area (Å²) in [6, 6.07) is 6.28. The highest BCUT2D eigenvalue weighted by Gasteiger charge is 2.08. The predicted molar refractivity (Wildman–Crippen MR) is 93.1 cm³/mol. The Bertz CT molecular complexity index is 741. The van der Waals surface area contributed by atoms with Gasteiger partial charge in [-0.1, -0.05) is 25.3 Å². The van der Waals surface area contributed by atoms with Crippen LogP contribution in [0.1, 0.15) is 31.9 Å². The Morgan fingerprint density at radius 2 is 2.10 bits per heavy atom. The molecule has 0 aliphatic heterocycles. The number of nitrogens with one attached hydrogen (secondary N) is 2. The fourth-order valence-corrected chi connectivity index (χ4v) is 2.30. The monoisotopic (exact) mass is 279 g/mol. The number of aromatic amines is 1. The lowest BCUT2D eigenvalue weighted by Crippen LogP contribution is -2.02.